The minimum Gasteiger partial charge on any atom is -0.369 e. The van der Waals surface area contributed by atoms with Gasteiger partial charge in [0.05, 0.1) is 22.0 Å². The molecule has 0 saturated carbocycles. The zero-order valence-electron chi connectivity index (χ0n) is 12.5. The summed E-state index contributed by atoms with van der Waals surface area (Å²) in [5.74, 6) is 0.249. The minimum absolute atomic E-state index is 0.0982. The number of halogens is 4. The third kappa shape index (κ3) is 2.78. The van der Waals surface area contributed by atoms with Crippen LogP contribution in [0.15, 0.2) is 35.5 Å². The number of aliphatic imine (C=N–C) groups is 1. The van der Waals surface area contributed by atoms with Crippen molar-refractivity contribution in [3.63, 3.8) is 0 Å². The molecule has 0 aliphatic carbocycles. The molecule has 1 unspecified atom stereocenters. The second kappa shape index (κ2) is 5.64. The first-order valence-electron chi connectivity index (χ1n) is 6.88. The van der Waals surface area contributed by atoms with Crippen molar-refractivity contribution in [3.8, 4) is 11.3 Å². The fourth-order valence-corrected chi connectivity index (χ4v) is 2.67. The normalized spacial score (nSPS) is 17.5. The molecule has 126 valence electrons. The smallest absolute Gasteiger partial charge is 0.369 e. The van der Waals surface area contributed by atoms with E-state index in [4.69, 9.17) is 23.1 Å². The summed E-state index contributed by atoms with van der Waals surface area (Å²) < 4.78 is 38.1. The van der Waals surface area contributed by atoms with Gasteiger partial charge in [-0.25, -0.2) is 4.99 Å². The molecular weight excluding hydrogens is 343 g/mol. The first-order valence-corrected chi connectivity index (χ1v) is 7.26. The minimum atomic E-state index is -4.50. The lowest BCUT2D eigenvalue weighted by Gasteiger charge is -2.30. The number of aromatic nitrogens is 1. The van der Waals surface area contributed by atoms with Crippen LogP contribution in [0.1, 0.15) is 17.3 Å². The van der Waals surface area contributed by atoms with Crippen LogP contribution in [0.3, 0.4) is 0 Å². The third-order valence-electron chi connectivity index (χ3n) is 3.80. The molecule has 0 amide bonds. The maximum Gasteiger partial charge on any atom is 0.417 e. The van der Waals surface area contributed by atoms with E-state index in [0.29, 0.717) is 11.3 Å². The van der Waals surface area contributed by atoms with Gasteiger partial charge in [0.1, 0.15) is 6.17 Å². The van der Waals surface area contributed by atoms with Gasteiger partial charge in [0.25, 0.3) is 0 Å². The Hall–Kier alpha value is -2.32. The van der Waals surface area contributed by atoms with Crippen LogP contribution in [0.5, 0.6) is 0 Å². The van der Waals surface area contributed by atoms with Crippen LogP contribution in [0, 0.1) is 0 Å². The van der Waals surface area contributed by atoms with Crippen molar-refractivity contribution >= 4 is 23.2 Å². The second-order valence-electron chi connectivity index (χ2n) is 5.35. The zero-order chi connectivity index (χ0) is 17.6. The lowest BCUT2D eigenvalue weighted by atomic mass is 10.0. The molecule has 3 rings (SSSR count). The average molecular weight is 356 g/mol. The molecule has 2 heterocycles. The van der Waals surface area contributed by atoms with E-state index in [9.17, 15) is 13.2 Å². The molecule has 1 aliphatic heterocycles. The molecule has 9 heteroatoms. The molecule has 0 bridgehead atoms. The van der Waals surface area contributed by atoms with Crippen molar-refractivity contribution in [3.05, 3.63) is 46.6 Å². The number of guanidine groups is 1. The first kappa shape index (κ1) is 16.5. The Morgan fingerprint density at radius 3 is 2.58 bits per heavy atom. The average Bonchev–Trinajstić information content (AvgIpc) is 2.51. The standard InChI is InChI=1S/C15H13ClF3N5/c1-24-13(20)9-3-2-7(4-11(9)23-14(24)21)12-10(16)5-8(6-22-12)15(17,18)19/h2-6,13H,20H2,1H3,(H2,21,23). The fourth-order valence-electron chi connectivity index (χ4n) is 2.40. The van der Waals surface area contributed by atoms with Gasteiger partial charge in [0, 0.05) is 24.4 Å². The third-order valence-corrected chi connectivity index (χ3v) is 4.09. The SMILES string of the molecule is CN1C(N)=Nc2cc(-c3ncc(C(F)(F)F)cc3Cl)ccc2C1N. The monoisotopic (exact) mass is 355 g/mol. The number of benzene rings is 1. The highest BCUT2D eigenvalue weighted by molar-refractivity contribution is 6.33. The summed E-state index contributed by atoms with van der Waals surface area (Å²) in [6.45, 7) is 0. The Kier molecular flexibility index (Phi) is 3.89. The van der Waals surface area contributed by atoms with Crippen LogP contribution in [0.4, 0.5) is 18.9 Å². The largest absolute Gasteiger partial charge is 0.417 e. The number of rotatable bonds is 1. The van der Waals surface area contributed by atoms with E-state index in [1.165, 1.54) is 0 Å². The summed E-state index contributed by atoms with van der Waals surface area (Å²) in [6.07, 6.45) is -4.21. The quantitative estimate of drug-likeness (QED) is 0.822. The van der Waals surface area contributed by atoms with Crippen LogP contribution in [-0.2, 0) is 6.18 Å². The molecule has 0 fully saturated rings. The van der Waals surface area contributed by atoms with E-state index < -0.39 is 17.9 Å². The molecule has 24 heavy (non-hydrogen) atoms. The van der Waals surface area contributed by atoms with E-state index in [0.717, 1.165) is 17.8 Å². The summed E-state index contributed by atoms with van der Waals surface area (Å²) >= 11 is 5.98. The Morgan fingerprint density at radius 1 is 1.25 bits per heavy atom. The fraction of sp³-hybridized carbons (Fsp3) is 0.200. The van der Waals surface area contributed by atoms with Crippen molar-refractivity contribution in [2.45, 2.75) is 12.3 Å². The molecule has 5 nitrogen and oxygen atoms in total. The highest BCUT2D eigenvalue weighted by atomic mass is 35.5. The summed E-state index contributed by atoms with van der Waals surface area (Å²) in [7, 11) is 1.72. The van der Waals surface area contributed by atoms with Gasteiger partial charge < -0.3 is 16.4 Å². The number of fused-ring (bicyclic) bond motifs is 1. The van der Waals surface area contributed by atoms with Gasteiger partial charge >= 0.3 is 6.18 Å². The highest BCUT2D eigenvalue weighted by Gasteiger charge is 2.32. The molecule has 1 aliphatic rings. The Morgan fingerprint density at radius 2 is 1.96 bits per heavy atom. The first-order chi connectivity index (χ1) is 11.2. The second-order valence-corrected chi connectivity index (χ2v) is 5.76. The Labute approximate surface area is 140 Å². The Bertz CT molecular complexity index is 834. The Balaban J connectivity index is 2.06. The van der Waals surface area contributed by atoms with Crippen LogP contribution < -0.4 is 11.5 Å². The molecular formula is C15H13ClF3N5. The summed E-state index contributed by atoms with van der Waals surface area (Å²) in [5, 5.41) is -0.0982. The van der Waals surface area contributed by atoms with E-state index in [2.05, 4.69) is 9.98 Å². The highest BCUT2D eigenvalue weighted by Crippen LogP contribution is 2.37. The lowest BCUT2D eigenvalue weighted by Crippen LogP contribution is -2.42. The number of hydrogen-bond donors (Lipinski definition) is 2. The van der Waals surface area contributed by atoms with Gasteiger partial charge in [0.2, 0.25) is 0 Å². The van der Waals surface area contributed by atoms with Gasteiger partial charge in [-0.2, -0.15) is 13.2 Å². The van der Waals surface area contributed by atoms with E-state index in [-0.39, 0.29) is 16.7 Å². The molecule has 2 aromatic rings. The van der Waals surface area contributed by atoms with Crippen LogP contribution in [0.2, 0.25) is 5.02 Å². The predicted octanol–water partition coefficient (Wildman–Crippen LogP) is 3.27. The van der Waals surface area contributed by atoms with Crippen molar-refractivity contribution in [2.75, 3.05) is 7.05 Å². The molecule has 1 aromatic heterocycles. The maximum absolute atomic E-state index is 12.7. The van der Waals surface area contributed by atoms with Crippen LogP contribution in [-0.4, -0.2) is 22.9 Å². The number of pyridine rings is 1. The summed E-state index contributed by atoms with van der Waals surface area (Å²) in [4.78, 5) is 9.70. The molecule has 0 radical (unpaired) electrons. The molecule has 4 N–H and O–H groups in total. The zero-order valence-corrected chi connectivity index (χ0v) is 13.2. The van der Waals surface area contributed by atoms with Gasteiger partial charge in [0.15, 0.2) is 5.96 Å². The number of alkyl halides is 3. The predicted molar refractivity (Wildman–Crippen MR) is 85.7 cm³/mol. The topological polar surface area (TPSA) is 80.5 Å². The number of nitrogens with two attached hydrogens (primary N) is 2. The molecule has 0 saturated heterocycles. The summed E-state index contributed by atoms with van der Waals surface area (Å²) in [5.41, 5.74) is 13.0. The van der Waals surface area contributed by atoms with E-state index in [1.807, 2.05) is 0 Å². The lowest BCUT2D eigenvalue weighted by molar-refractivity contribution is -0.137. The van der Waals surface area contributed by atoms with Crippen molar-refractivity contribution < 1.29 is 13.2 Å². The van der Waals surface area contributed by atoms with Crippen molar-refractivity contribution in [1.82, 2.24) is 9.88 Å². The van der Waals surface area contributed by atoms with Crippen molar-refractivity contribution in [2.24, 2.45) is 16.5 Å². The molecule has 0 spiro atoms. The van der Waals surface area contributed by atoms with Gasteiger partial charge in [-0.3, -0.25) is 4.98 Å². The van der Waals surface area contributed by atoms with Gasteiger partial charge in [-0.1, -0.05) is 23.7 Å². The van der Waals surface area contributed by atoms with E-state index >= 15 is 0 Å². The van der Waals surface area contributed by atoms with E-state index in [1.54, 1.807) is 30.1 Å². The van der Waals surface area contributed by atoms with Gasteiger partial charge in [-0.15, -0.1) is 0 Å². The number of nitrogens with zero attached hydrogens (tertiary/aromatic N) is 3. The molecule has 1 atom stereocenters. The van der Waals surface area contributed by atoms with Crippen molar-refractivity contribution in [1.29, 1.82) is 0 Å². The maximum atomic E-state index is 12.7. The van der Waals surface area contributed by atoms with Crippen LogP contribution >= 0.6 is 11.6 Å². The number of hydrogen-bond acceptors (Lipinski definition) is 5. The van der Waals surface area contributed by atoms with Gasteiger partial charge in [-0.05, 0) is 12.1 Å². The van der Waals surface area contributed by atoms with Crippen LogP contribution in [0.25, 0.3) is 11.3 Å². The summed E-state index contributed by atoms with van der Waals surface area (Å²) in [6, 6.07) is 5.92. The molecule has 1 aromatic carbocycles.